The predicted octanol–water partition coefficient (Wildman–Crippen LogP) is 9.33. The summed E-state index contributed by atoms with van der Waals surface area (Å²) in [7, 11) is 0. The molecular weight excluding hydrogens is 546 g/mol. The number of oxazole rings is 2. The van der Waals surface area contributed by atoms with Gasteiger partial charge in [-0.1, -0.05) is 47.5 Å². The maximum absolute atomic E-state index is 14.9. The molecule has 0 bridgehead atoms. The van der Waals surface area contributed by atoms with E-state index < -0.39 is 28.9 Å². The van der Waals surface area contributed by atoms with Crippen molar-refractivity contribution >= 4 is 22.2 Å². The van der Waals surface area contributed by atoms with E-state index in [0.717, 1.165) is 47.5 Å². The molecule has 208 valence electrons. The van der Waals surface area contributed by atoms with E-state index in [4.69, 9.17) is 8.83 Å². The van der Waals surface area contributed by atoms with E-state index in [1.165, 1.54) is 0 Å². The molecule has 10 heteroatoms. The topological polar surface area (TPSA) is 52.1 Å². The van der Waals surface area contributed by atoms with Gasteiger partial charge in [-0.3, -0.25) is 0 Å². The number of halogens is 6. The molecule has 0 aliphatic heterocycles. The highest BCUT2D eigenvalue weighted by atomic mass is 19.4. The first-order valence-electron chi connectivity index (χ1n) is 12.5. The maximum atomic E-state index is 14.9. The molecule has 0 aliphatic carbocycles. The summed E-state index contributed by atoms with van der Waals surface area (Å²) in [4.78, 5) is 8.42. The van der Waals surface area contributed by atoms with Gasteiger partial charge in [0.2, 0.25) is 17.2 Å². The minimum atomic E-state index is -5.78. The lowest BCUT2D eigenvalue weighted by atomic mass is 9.72. The molecule has 0 amide bonds. The van der Waals surface area contributed by atoms with Gasteiger partial charge in [0.25, 0.3) is 0 Å². The van der Waals surface area contributed by atoms with Gasteiger partial charge >= 0.3 is 12.4 Å². The first-order chi connectivity index (χ1) is 19.4. The SMILES string of the molecule is Cc1ccc(-c2nc3cc(C(c4ccc5oc(-c6ccc(C)cc6)nc5c4)(C(F)(F)F)C(F)(F)F)ccc3o2)cc1. The molecule has 2 heterocycles. The quantitative estimate of drug-likeness (QED) is 0.200. The molecule has 0 spiro atoms. The van der Waals surface area contributed by atoms with Gasteiger partial charge in [-0.2, -0.15) is 26.3 Å². The van der Waals surface area contributed by atoms with Crippen LogP contribution in [0.5, 0.6) is 0 Å². The van der Waals surface area contributed by atoms with Crippen LogP contribution in [0, 0.1) is 13.8 Å². The zero-order chi connectivity index (χ0) is 29.2. The van der Waals surface area contributed by atoms with Crippen LogP contribution in [0.2, 0.25) is 0 Å². The Morgan fingerprint density at radius 1 is 0.512 bits per heavy atom. The van der Waals surface area contributed by atoms with Crippen LogP contribution in [0.25, 0.3) is 45.1 Å². The van der Waals surface area contributed by atoms with Gasteiger partial charge in [0.05, 0.1) is 0 Å². The van der Waals surface area contributed by atoms with E-state index in [0.29, 0.717) is 11.1 Å². The summed E-state index contributed by atoms with van der Waals surface area (Å²) in [6.45, 7) is 3.74. The second-order valence-electron chi connectivity index (χ2n) is 9.88. The Morgan fingerprint density at radius 2 is 0.878 bits per heavy atom. The Bertz CT molecular complexity index is 1740. The molecule has 2 aromatic heterocycles. The number of rotatable bonds is 4. The summed E-state index contributed by atoms with van der Waals surface area (Å²) >= 11 is 0. The summed E-state index contributed by atoms with van der Waals surface area (Å²) in [6.07, 6.45) is -11.6. The van der Waals surface area contributed by atoms with Crippen molar-refractivity contribution < 1.29 is 35.2 Å². The Hall–Kier alpha value is -4.60. The molecule has 41 heavy (non-hydrogen) atoms. The van der Waals surface area contributed by atoms with Gasteiger partial charge in [-0.25, -0.2) is 9.97 Å². The van der Waals surface area contributed by atoms with Crippen molar-refractivity contribution in [2.75, 3.05) is 0 Å². The van der Waals surface area contributed by atoms with Crippen molar-refractivity contribution in [1.82, 2.24) is 9.97 Å². The molecule has 0 N–H and O–H groups in total. The molecule has 0 unspecified atom stereocenters. The van der Waals surface area contributed by atoms with Crippen LogP contribution in [-0.4, -0.2) is 22.3 Å². The molecule has 4 aromatic carbocycles. The highest BCUT2D eigenvalue weighted by Gasteiger charge is 2.72. The number of aromatic nitrogens is 2. The second-order valence-corrected chi connectivity index (χ2v) is 9.88. The molecule has 0 fully saturated rings. The number of nitrogens with zero attached hydrogens (tertiary/aromatic N) is 2. The van der Waals surface area contributed by atoms with E-state index in [-0.39, 0.29) is 34.0 Å². The Kier molecular flexibility index (Phi) is 5.99. The molecule has 0 aliphatic rings. The summed E-state index contributed by atoms with van der Waals surface area (Å²) in [6, 6.07) is 19.2. The fraction of sp³-hybridized carbons (Fsp3) is 0.161. The predicted molar refractivity (Wildman–Crippen MR) is 141 cm³/mol. The third-order valence-electron chi connectivity index (χ3n) is 7.09. The molecule has 0 radical (unpaired) electrons. The average molecular weight is 567 g/mol. The highest BCUT2D eigenvalue weighted by Crippen LogP contribution is 2.56. The molecule has 4 nitrogen and oxygen atoms in total. The molecule has 6 aromatic rings. The highest BCUT2D eigenvalue weighted by molar-refractivity contribution is 5.80. The molecule has 0 saturated carbocycles. The third kappa shape index (κ3) is 4.34. The maximum Gasteiger partial charge on any atom is 0.411 e. The first-order valence-corrected chi connectivity index (χ1v) is 12.5. The van der Waals surface area contributed by atoms with Crippen molar-refractivity contribution in [2.45, 2.75) is 31.6 Å². The molecule has 0 saturated heterocycles. The smallest absolute Gasteiger partial charge is 0.411 e. The van der Waals surface area contributed by atoms with Gasteiger partial charge in [0.15, 0.2) is 11.2 Å². The van der Waals surface area contributed by atoms with Gasteiger partial charge in [-0.15, -0.1) is 0 Å². The minimum absolute atomic E-state index is 0.0530. The first kappa shape index (κ1) is 26.6. The standard InChI is InChI=1S/C31H20F6N2O2/c1-17-3-7-19(8-4-17)27-38-23-15-21(11-13-25(23)40-27)29(30(32,33)34,31(35,36)37)22-12-14-26-24(16-22)39-28(41-26)20-9-5-18(2)6-10-20/h3-16H,1-2H3. The lowest BCUT2D eigenvalue weighted by Gasteiger charge is -2.38. The number of alkyl halides is 6. The summed E-state index contributed by atoms with van der Waals surface area (Å²) in [5.74, 6) is 0.156. The summed E-state index contributed by atoms with van der Waals surface area (Å²) in [5.41, 5.74) is -3.65. The summed E-state index contributed by atoms with van der Waals surface area (Å²) in [5, 5.41) is 0. The monoisotopic (exact) mass is 566 g/mol. The van der Waals surface area contributed by atoms with Crippen molar-refractivity contribution in [3.8, 4) is 22.9 Å². The second kappa shape index (κ2) is 9.22. The van der Waals surface area contributed by atoms with Crippen molar-refractivity contribution in [1.29, 1.82) is 0 Å². The van der Waals surface area contributed by atoms with Crippen LogP contribution in [0.4, 0.5) is 26.3 Å². The van der Waals surface area contributed by atoms with Crippen LogP contribution in [-0.2, 0) is 5.41 Å². The van der Waals surface area contributed by atoms with E-state index in [1.54, 1.807) is 48.5 Å². The zero-order valence-corrected chi connectivity index (χ0v) is 21.6. The van der Waals surface area contributed by atoms with E-state index in [1.807, 2.05) is 13.8 Å². The molecular formula is C31H20F6N2O2. The number of aryl methyl sites for hydroxylation is 2. The van der Waals surface area contributed by atoms with E-state index >= 15 is 0 Å². The van der Waals surface area contributed by atoms with Crippen molar-refractivity contribution in [3.63, 3.8) is 0 Å². The minimum Gasteiger partial charge on any atom is -0.436 e. The zero-order valence-electron chi connectivity index (χ0n) is 21.6. The number of fused-ring (bicyclic) bond motifs is 2. The van der Waals surface area contributed by atoms with E-state index in [9.17, 15) is 26.3 Å². The largest absolute Gasteiger partial charge is 0.436 e. The van der Waals surface area contributed by atoms with Crippen LogP contribution in [0.15, 0.2) is 93.8 Å². The lowest BCUT2D eigenvalue weighted by molar-refractivity contribution is -0.288. The van der Waals surface area contributed by atoms with Gasteiger partial charge in [0.1, 0.15) is 11.0 Å². The van der Waals surface area contributed by atoms with Crippen LogP contribution >= 0.6 is 0 Å². The number of hydrogen-bond acceptors (Lipinski definition) is 4. The Labute approximate surface area is 229 Å². The average Bonchev–Trinajstić information content (AvgIpc) is 3.52. The van der Waals surface area contributed by atoms with Crippen molar-refractivity contribution in [2.24, 2.45) is 0 Å². The number of hydrogen-bond donors (Lipinski definition) is 0. The Morgan fingerprint density at radius 3 is 1.22 bits per heavy atom. The van der Waals surface area contributed by atoms with Gasteiger partial charge in [-0.05, 0) is 73.5 Å². The third-order valence-corrected chi connectivity index (χ3v) is 7.09. The van der Waals surface area contributed by atoms with E-state index in [2.05, 4.69) is 9.97 Å². The van der Waals surface area contributed by atoms with Crippen LogP contribution in [0.1, 0.15) is 22.3 Å². The number of benzene rings is 4. The fourth-order valence-electron chi connectivity index (χ4n) is 4.94. The fourth-order valence-corrected chi connectivity index (χ4v) is 4.94. The molecule has 0 atom stereocenters. The van der Waals surface area contributed by atoms with Crippen LogP contribution < -0.4 is 0 Å². The van der Waals surface area contributed by atoms with Crippen LogP contribution in [0.3, 0.4) is 0 Å². The molecule has 6 rings (SSSR count). The normalized spacial score (nSPS) is 12.9. The van der Waals surface area contributed by atoms with Crippen molar-refractivity contribution in [3.05, 3.63) is 107 Å². The van der Waals surface area contributed by atoms with Gasteiger partial charge in [0, 0.05) is 11.1 Å². The Balaban J connectivity index is 1.53. The van der Waals surface area contributed by atoms with Gasteiger partial charge < -0.3 is 8.83 Å². The lowest BCUT2D eigenvalue weighted by Crippen LogP contribution is -2.54. The summed E-state index contributed by atoms with van der Waals surface area (Å²) < 4.78 is 100.